The predicted molar refractivity (Wildman–Crippen MR) is 163 cm³/mol. The second-order valence-electron chi connectivity index (χ2n) is 10.9. The van der Waals surface area contributed by atoms with Crippen LogP contribution in [0.1, 0.15) is 16.7 Å². The molecule has 6 rings (SSSR count). The van der Waals surface area contributed by atoms with Crippen LogP contribution in [-0.4, -0.2) is 8.07 Å². The molecular formula is C35H31N2OSi+. The molecule has 0 N–H and O–H groups in total. The molecular weight excluding hydrogens is 492 g/mol. The van der Waals surface area contributed by atoms with Crippen LogP contribution in [-0.2, 0) is 7.05 Å². The van der Waals surface area contributed by atoms with Gasteiger partial charge in [0.15, 0.2) is 6.20 Å². The van der Waals surface area contributed by atoms with Crippen molar-refractivity contribution in [3.63, 3.8) is 0 Å². The summed E-state index contributed by atoms with van der Waals surface area (Å²) < 4.78 is 8.89. The van der Waals surface area contributed by atoms with Gasteiger partial charge in [0.05, 0.1) is 17.2 Å². The number of benzene rings is 4. The number of aromatic nitrogens is 1. The summed E-state index contributed by atoms with van der Waals surface area (Å²) in [5.74, 6) is 0. The van der Waals surface area contributed by atoms with Gasteiger partial charge < -0.3 is 4.42 Å². The van der Waals surface area contributed by atoms with E-state index in [4.69, 9.17) is 4.42 Å². The first-order chi connectivity index (χ1) is 18.8. The lowest BCUT2D eigenvalue weighted by atomic mass is 9.94. The number of rotatable bonds is 4. The average Bonchev–Trinajstić information content (AvgIpc) is 3.32. The van der Waals surface area contributed by atoms with E-state index in [0.717, 1.165) is 55.4 Å². The van der Waals surface area contributed by atoms with Crippen molar-refractivity contribution in [2.45, 2.75) is 26.9 Å². The maximum absolute atomic E-state index is 10.2. The van der Waals surface area contributed by atoms with E-state index in [9.17, 15) is 5.26 Å². The topological polar surface area (TPSA) is 40.8 Å². The van der Waals surface area contributed by atoms with Crippen LogP contribution in [0.15, 0.2) is 102 Å². The summed E-state index contributed by atoms with van der Waals surface area (Å²) in [4.78, 5) is 0. The quantitative estimate of drug-likeness (QED) is 0.183. The Balaban J connectivity index is 1.60. The van der Waals surface area contributed by atoms with E-state index in [0.29, 0.717) is 5.56 Å². The van der Waals surface area contributed by atoms with Crippen LogP contribution >= 0.6 is 0 Å². The van der Waals surface area contributed by atoms with Crippen molar-refractivity contribution in [3.8, 4) is 28.5 Å². The molecule has 0 spiro atoms. The van der Waals surface area contributed by atoms with Crippen molar-refractivity contribution in [1.29, 1.82) is 5.26 Å². The van der Waals surface area contributed by atoms with Gasteiger partial charge in [-0.3, -0.25) is 0 Å². The number of fused-ring (bicyclic) bond motifs is 3. The summed E-state index contributed by atoms with van der Waals surface area (Å²) in [5, 5.41) is 15.0. The molecule has 0 saturated carbocycles. The minimum absolute atomic E-state index is 0.625. The van der Waals surface area contributed by atoms with Crippen molar-refractivity contribution in [3.05, 3.63) is 114 Å². The highest BCUT2D eigenvalue weighted by Gasteiger charge is 2.27. The minimum atomic E-state index is -1.86. The molecule has 190 valence electrons. The van der Waals surface area contributed by atoms with E-state index in [1.165, 1.54) is 10.4 Å². The zero-order valence-electron chi connectivity index (χ0n) is 23.0. The number of nitrogens with zero attached hydrogens (tertiary/aromatic N) is 2. The number of furan rings is 1. The van der Waals surface area contributed by atoms with E-state index in [2.05, 4.69) is 124 Å². The van der Waals surface area contributed by atoms with Crippen LogP contribution in [0, 0.1) is 25.2 Å². The standard InChI is InChI=1S/C35H31N2OSi/c1-23-14-17-29-30-18-15-25(22-36)33(35(30)38-34(29)32(23)31-13-9-10-20-37(31)3)28-19-16-27(21-24(28)2)39(4,5)26-11-7-6-8-12-26/h6-21H,1-5H3/q+1. The molecule has 0 amide bonds. The Kier molecular flexibility index (Phi) is 5.97. The van der Waals surface area contributed by atoms with Gasteiger partial charge in [-0.1, -0.05) is 84.1 Å². The molecule has 0 aliphatic carbocycles. The Hall–Kier alpha value is -4.46. The third-order valence-electron chi connectivity index (χ3n) is 8.16. The number of pyridine rings is 1. The van der Waals surface area contributed by atoms with Gasteiger partial charge in [-0.25, -0.2) is 4.57 Å². The van der Waals surface area contributed by atoms with Crippen LogP contribution in [0.25, 0.3) is 44.3 Å². The molecule has 6 aromatic rings. The Bertz CT molecular complexity index is 1930. The lowest BCUT2D eigenvalue weighted by molar-refractivity contribution is -0.660. The van der Waals surface area contributed by atoms with E-state index in [-0.39, 0.29) is 0 Å². The zero-order chi connectivity index (χ0) is 27.3. The summed E-state index contributed by atoms with van der Waals surface area (Å²) in [6.07, 6.45) is 2.06. The third kappa shape index (κ3) is 3.98. The fourth-order valence-corrected chi connectivity index (χ4v) is 8.25. The summed E-state index contributed by atoms with van der Waals surface area (Å²) in [7, 11) is 0.196. The highest BCUT2D eigenvalue weighted by atomic mass is 28.3. The molecule has 0 aliphatic heterocycles. The molecule has 4 aromatic carbocycles. The van der Waals surface area contributed by atoms with Crippen LogP contribution in [0.2, 0.25) is 13.1 Å². The van der Waals surface area contributed by atoms with Crippen LogP contribution in [0.3, 0.4) is 0 Å². The smallest absolute Gasteiger partial charge is 0.216 e. The molecule has 0 saturated heterocycles. The molecule has 2 aromatic heterocycles. The van der Waals surface area contributed by atoms with Crippen LogP contribution in [0.4, 0.5) is 0 Å². The normalized spacial score (nSPS) is 11.7. The predicted octanol–water partition coefficient (Wildman–Crippen LogP) is 7.06. The second kappa shape index (κ2) is 9.38. The molecule has 0 radical (unpaired) electrons. The monoisotopic (exact) mass is 523 g/mol. The van der Waals surface area contributed by atoms with Gasteiger partial charge >= 0.3 is 0 Å². The molecule has 39 heavy (non-hydrogen) atoms. The molecule has 0 unspecified atom stereocenters. The first-order valence-electron chi connectivity index (χ1n) is 13.3. The van der Waals surface area contributed by atoms with Gasteiger partial charge in [-0.05, 0) is 48.7 Å². The van der Waals surface area contributed by atoms with Gasteiger partial charge in [0.25, 0.3) is 0 Å². The molecule has 0 aliphatic rings. The van der Waals surface area contributed by atoms with E-state index in [1.807, 2.05) is 18.2 Å². The zero-order valence-corrected chi connectivity index (χ0v) is 24.0. The Morgan fingerprint density at radius 1 is 0.718 bits per heavy atom. The Morgan fingerprint density at radius 2 is 1.41 bits per heavy atom. The van der Waals surface area contributed by atoms with Crippen molar-refractivity contribution in [2.24, 2.45) is 7.05 Å². The molecule has 2 heterocycles. The highest BCUT2D eigenvalue weighted by Crippen LogP contribution is 2.42. The maximum Gasteiger partial charge on any atom is 0.216 e. The molecule has 0 atom stereocenters. The number of hydrogen-bond acceptors (Lipinski definition) is 2. The van der Waals surface area contributed by atoms with E-state index in [1.54, 1.807) is 0 Å². The lowest BCUT2D eigenvalue weighted by Gasteiger charge is -2.25. The Morgan fingerprint density at radius 3 is 2.10 bits per heavy atom. The van der Waals surface area contributed by atoms with Crippen LogP contribution in [0.5, 0.6) is 0 Å². The summed E-state index contributed by atoms with van der Waals surface area (Å²) in [5.41, 5.74) is 8.64. The Labute approximate surface area is 230 Å². The summed E-state index contributed by atoms with van der Waals surface area (Å²) in [6.45, 7) is 9.06. The van der Waals surface area contributed by atoms with Gasteiger partial charge in [0.1, 0.15) is 26.3 Å². The molecule has 3 nitrogen and oxygen atoms in total. The largest absolute Gasteiger partial charge is 0.454 e. The first-order valence-corrected chi connectivity index (χ1v) is 16.3. The fraction of sp³-hybridized carbons (Fsp3) is 0.143. The fourth-order valence-electron chi connectivity index (χ4n) is 5.82. The van der Waals surface area contributed by atoms with Crippen molar-refractivity contribution in [1.82, 2.24) is 0 Å². The lowest BCUT2D eigenvalue weighted by Crippen LogP contribution is -2.52. The molecule has 0 fully saturated rings. The van der Waals surface area contributed by atoms with E-state index < -0.39 is 8.07 Å². The van der Waals surface area contributed by atoms with E-state index >= 15 is 0 Å². The minimum Gasteiger partial charge on any atom is -0.454 e. The summed E-state index contributed by atoms with van der Waals surface area (Å²) >= 11 is 0. The second-order valence-corrected chi connectivity index (χ2v) is 15.3. The van der Waals surface area contributed by atoms with Gasteiger partial charge in [-0.15, -0.1) is 0 Å². The number of hydrogen-bond donors (Lipinski definition) is 0. The van der Waals surface area contributed by atoms with Crippen molar-refractivity contribution in [2.75, 3.05) is 0 Å². The third-order valence-corrected chi connectivity index (χ3v) is 11.7. The number of aryl methyl sites for hydroxylation is 3. The van der Waals surface area contributed by atoms with Gasteiger partial charge in [0.2, 0.25) is 5.69 Å². The number of nitriles is 1. The van der Waals surface area contributed by atoms with Gasteiger partial charge in [-0.2, -0.15) is 5.26 Å². The molecule has 4 heteroatoms. The van der Waals surface area contributed by atoms with Crippen LogP contribution < -0.4 is 14.9 Å². The molecule has 0 bridgehead atoms. The summed E-state index contributed by atoms with van der Waals surface area (Å²) in [6, 6.07) is 34.5. The van der Waals surface area contributed by atoms with Crippen molar-refractivity contribution < 1.29 is 8.98 Å². The SMILES string of the molecule is Cc1cc([Si](C)(C)c2ccccc2)ccc1-c1c(C#N)ccc2c1oc1c(-c3cccc[n+]3C)c(C)ccc12. The van der Waals surface area contributed by atoms with Gasteiger partial charge in [0, 0.05) is 28.5 Å². The maximum atomic E-state index is 10.2. The average molecular weight is 524 g/mol. The first kappa shape index (κ1) is 24.8. The highest BCUT2D eigenvalue weighted by molar-refractivity contribution is 7.00. The van der Waals surface area contributed by atoms with Crippen molar-refractivity contribution >= 4 is 40.4 Å².